The summed E-state index contributed by atoms with van der Waals surface area (Å²) in [4.78, 5) is 24.1. The molecule has 190 valence electrons. The Morgan fingerprint density at radius 2 is 1.65 bits per heavy atom. The average Bonchev–Trinajstić information content (AvgIpc) is 2.89. The van der Waals surface area contributed by atoms with Crippen LogP contribution in [0.2, 0.25) is 0 Å². The molecule has 0 amide bonds. The molecule has 0 bridgehead atoms. The summed E-state index contributed by atoms with van der Waals surface area (Å²) in [6, 6.07) is 20.4. The monoisotopic (exact) mass is 517 g/mol. The molecule has 3 aromatic carbocycles. The number of aromatic hydroxyl groups is 1. The number of pyridine rings is 1. The number of fused-ring (bicyclic) bond motifs is 1. The molecule has 5 rings (SSSR count). The number of likely N-dealkylation sites (N-methyl/N-ethyl adjacent to an activating group) is 1. The molecule has 0 aliphatic carbocycles. The number of nitrogens with one attached hydrogen (secondary N) is 2. The molecule has 0 saturated carbocycles. The van der Waals surface area contributed by atoms with Gasteiger partial charge in [0, 0.05) is 54.5 Å². The normalized spacial score (nSPS) is 14.9. The Bertz CT molecular complexity index is 1610. The summed E-state index contributed by atoms with van der Waals surface area (Å²) >= 11 is 0. The quantitative estimate of drug-likeness (QED) is 0.337. The second-order valence-electron chi connectivity index (χ2n) is 8.96. The van der Waals surface area contributed by atoms with Crippen LogP contribution in [0.1, 0.15) is 5.56 Å². The summed E-state index contributed by atoms with van der Waals surface area (Å²) in [7, 11) is -1.71. The van der Waals surface area contributed by atoms with Crippen molar-refractivity contribution in [2.45, 2.75) is 4.90 Å². The highest BCUT2D eigenvalue weighted by Gasteiger charge is 2.16. The Labute approximate surface area is 214 Å². The summed E-state index contributed by atoms with van der Waals surface area (Å²) in [5, 5.41) is 11.2. The minimum absolute atomic E-state index is 0.116. The van der Waals surface area contributed by atoms with E-state index < -0.39 is 15.6 Å². The first kappa shape index (κ1) is 24.5. The average molecular weight is 518 g/mol. The molecule has 1 saturated heterocycles. The minimum Gasteiger partial charge on any atom is -0.494 e. The van der Waals surface area contributed by atoms with E-state index in [0.717, 1.165) is 31.9 Å². The highest BCUT2D eigenvalue weighted by Crippen LogP contribution is 2.27. The van der Waals surface area contributed by atoms with Crippen molar-refractivity contribution in [3.05, 3.63) is 88.7 Å². The van der Waals surface area contributed by atoms with Gasteiger partial charge in [0.15, 0.2) is 0 Å². The lowest BCUT2D eigenvalue weighted by Crippen LogP contribution is -2.44. The molecule has 4 aromatic rings. The van der Waals surface area contributed by atoms with E-state index in [4.69, 9.17) is 0 Å². The third kappa shape index (κ3) is 5.35. The second kappa shape index (κ2) is 10.1. The predicted octanol–water partition coefficient (Wildman–Crippen LogP) is 3.54. The topological polar surface area (TPSA) is 118 Å². The van der Waals surface area contributed by atoms with E-state index in [0.29, 0.717) is 16.5 Å². The molecule has 9 nitrogen and oxygen atoms in total. The number of nitrogens with zero attached hydrogens (tertiary/aromatic N) is 3. The maximum absolute atomic E-state index is 12.8. The summed E-state index contributed by atoms with van der Waals surface area (Å²) < 4.78 is 28.1. The number of sulfonamides is 1. The predicted molar refractivity (Wildman–Crippen MR) is 147 cm³/mol. The van der Waals surface area contributed by atoms with Gasteiger partial charge < -0.3 is 14.9 Å². The Morgan fingerprint density at radius 1 is 0.946 bits per heavy atom. The van der Waals surface area contributed by atoms with Crippen LogP contribution >= 0.6 is 0 Å². The van der Waals surface area contributed by atoms with Gasteiger partial charge in [-0.25, -0.2) is 8.42 Å². The Morgan fingerprint density at radius 3 is 2.35 bits per heavy atom. The second-order valence-corrected chi connectivity index (χ2v) is 10.6. The fraction of sp³-hybridized carbons (Fsp3) is 0.185. The molecular formula is C27H27N5O4S. The van der Waals surface area contributed by atoms with Crippen LogP contribution in [0.25, 0.3) is 10.8 Å². The minimum atomic E-state index is -3.83. The van der Waals surface area contributed by atoms with E-state index in [9.17, 15) is 18.3 Å². The molecule has 1 aliphatic heterocycles. The summed E-state index contributed by atoms with van der Waals surface area (Å²) in [6.45, 7) is 3.96. The first-order chi connectivity index (χ1) is 17.8. The Hall–Kier alpha value is -4.15. The molecule has 0 atom stereocenters. The number of anilines is 2. The molecule has 0 radical (unpaired) electrons. The maximum Gasteiger partial charge on any atom is 0.261 e. The summed E-state index contributed by atoms with van der Waals surface area (Å²) in [5.41, 5.74) is 1.85. The summed E-state index contributed by atoms with van der Waals surface area (Å²) in [5.74, 6) is -0.349. The third-order valence-electron chi connectivity index (χ3n) is 6.41. The lowest BCUT2D eigenvalue weighted by molar-refractivity contribution is 0.313. The summed E-state index contributed by atoms with van der Waals surface area (Å²) in [6.07, 6.45) is 1.47. The zero-order chi connectivity index (χ0) is 26.0. The van der Waals surface area contributed by atoms with Gasteiger partial charge in [0.05, 0.1) is 16.1 Å². The van der Waals surface area contributed by atoms with Crippen molar-refractivity contribution in [1.29, 1.82) is 0 Å². The van der Waals surface area contributed by atoms with Crippen LogP contribution in [-0.4, -0.2) is 62.8 Å². The van der Waals surface area contributed by atoms with E-state index in [1.165, 1.54) is 36.5 Å². The van der Waals surface area contributed by atoms with E-state index >= 15 is 0 Å². The van der Waals surface area contributed by atoms with Crippen LogP contribution in [0.15, 0.2) is 87.5 Å². The van der Waals surface area contributed by atoms with Gasteiger partial charge in [0.25, 0.3) is 15.6 Å². The van der Waals surface area contributed by atoms with Crippen LogP contribution in [0.3, 0.4) is 0 Å². The van der Waals surface area contributed by atoms with Crippen molar-refractivity contribution < 1.29 is 13.5 Å². The first-order valence-electron chi connectivity index (χ1n) is 11.8. The fourth-order valence-corrected chi connectivity index (χ4v) is 5.37. The number of aromatic amines is 1. The van der Waals surface area contributed by atoms with Gasteiger partial charge in [-0.3, -0.25) is 19.5 Å². The van der Waals surface area contributed by atoms with Gasteiger partial charge in [0.2, 0.25) is 5.88 Å². The van der Waals surface area contributed by atoms with Crippen LogP contribution in [-0.2, 0) is 10.0 Å². The molecule has 10 heteroatoms. The lowest BCUT2D eigenvalue weighted by atomic mass is 10.1. The van der Waals surface area contributed by atoms with Crippen LogP contribution < -0.4 is 15.2 Å². The van der Waals surface area contributed by atoms with Gasteiger partial charge in [-0.1, -0.05) is 18.2 Å². The highest BCUT2D eigenvalue weighted by molar-refractivity contribution is 7.92. The molecule has 2 heterocycles. The number of piperazine rings is 1. The number of hydrogen-bond acceptors (Lipinski definition) is 7. The van der Waals surface area contributed by atoms with Crippen LogP contribution in [0.5, 0.6) is 5.88 Å². The molecule has 0 unspecified atom stereocenters. The maximum atomic E-state index is 12.8. The van der Waals surface area contributed by atoms with Crippen molar-refractivity contribution in [3.63, 3.8) is 0 Å². The van der Waals surface area contributed by atoms with Crippen molar-refractivity contribution in [1.82, 2.24) is 9.88 Å². The standard InChI is InChI=1S/C27H27N5O4S/c1-31-13-15-32(16-14-31)21-10-7-19(8-11-21)28-18-25-24-17-20(9-12-23(24)26(33)29-27(25)34)30-37(35,36)22-5-3-2-4-6-22/h2-12,17-18,30H,13-16H2,1H3,(H2,29,33,34). The van der Waals surface area contributed by atoms with Crippen LogP contribution in [0.4, 0.5) is 17.1 Å². The number of benzene rings is 3. The molecular weight excluding hydrogens is 490 g/mol. The highest BCUT2D eigenvalue weighted by atomic mass is 32.2. The van der Waals surface area contributed by atoms with Crippen molar-refractivity contribution in [2.75, 3.05) is 42.8 Å². The van der Waals surface area contributed by atoms with Gasteiger partial charge >= 0.3 is 0 Å². The number of rotatable bonds is 6. The van der Waals surface area contributed by atoms with Gasteiger partial charge in [0.1, 0.15) is 0 Å². The van der Waals surface area contributed by atoms with E-state index in [1.54, 1.807) is 18.2 Å². The number of H-pyrrole nitrogens is 1. The van der Waals surface area contributed by atoms with Gasteiger partial charge in [-0.15, -0.1) is 0 Å². The fourth-order valence-electron chi connectivity index (χ4n) is 4.30. The third-order valence-corrected chi connectivity index (χ3v) is 7.81. The van der Waals surface area contributed by atoms with E-state index in [-0.39, 0.29) is 22.0 Å². The van der Waals surface area contributed by atoms with Crippen LogP contribution in [0, 0.1) is 0 Å². The first-order valence-corrected chi connectivity index (χ1v) is 13.3. The zero-order valence-electron chi connectivity index (χ0n) is 20.3. The van der Waals surface area contributed by atoms with E-state index in [2.05, 4.69) is 31.5 Å². The van der Waals surface area contributed by atoms with Gasteiger partial charge in [-0.2, -0.15) is 0 Å². The zero-order valence-corrected chi connectivity index (χ0v) is 21.1. The molecule has 1 fully saturated rings. The Kier molecular flexibility index (Phi) is 6.68. The molecule has 0 spiro atoms. The Balaban J connectivity index is 1.44. The molecule has 3 N–H and O–H groups in total. The van der Waals surface area contributed by atoms with E-state index in [1.807, 2.05) is 24.3 Å². The van der Waals surface area contributed by atoms with Crippen molar-refractivity contribution >= 4 is 44.1 Å². The molecule has 1 aromatic heterocycles. The number of hydrogen-bond donors (Lipinski definition) is 3. The smallest absolute Gasteiger partial charge is 0.261 e. The molecule has 37 heavy (non-hydrogen) atoms. The largest absolute Gasteiger partial charge is 0.494 e. The van der Waals surface area contributed by atoms with Gasteiger partial charge in [-0.05, 0) is 61.6 Å². The molecule has 1 aliphatic rings. The van der Waals surface area contributed by atoms with Crippen molar-refractivity contribution in [3.8, 4) is 5.88 Å². The van der Waals surface area contributed by atoms with Crippen molar-refractivity contribution in [2.24, 2.45) is 4.99 Å². The lowest BCUT2D eigenvalue weighted by Gasteiger charge is -2.34. The number of aromatic nitrogens is 1. The SMILES string of the molecule is CN1CCN(c2ccc(N=Cc3c(O)[nH]c(=O)c4ccc(NS(=O)(=O)c5ccccc5)cc34)cc2)CC1. The number of aliphatic imine (C=N–C) groups is 1.